The molecule has 3 aromatic rings. The van der Waals surface area contributed by atoms with Crippen molar-refractivity contribution in [3.8, 4) is 0 Å². The fraction of sp³-hybridized carbons (Fsp3) is 0.200. The Labute approximate surface area is 116 Å². The second-order valence-electron chi connectivity index (χ2n) is 4.88. The Balaban J connectivity index is 1.99. The van der Waals surface area contributed by atoms with Crippen molar-refractivity contribution in [1.82, 2.24) is 14.3 Å². The van der Waals surface area contributed by atoms with Crippen molar-refractivity contribution in [2.24, 2.45) is 12.8 Å². The van der Waals surface area contributed by atoms with Gasteiger partial charge < -0.3 is 5.73 Å². The van der Waals surface area contributed by atoms with Crippen LogP contribution in [0.4, 0.5) is 0 Å². The third-order valence-electron chi connectivity index (χ3n) is 3.48. The lowest BCUT2D eigenvalue weighted by atomic mass is 9.99. The Kier molecular flexibility index (Phi) is 3.12. The van der Waals surface area contributed by atoms with Gasteiger partial charge in [-0.1, -0.05) is 42.5 Å². The van der Waals surface area contributed by atoms with E-state index in [1.807, 2.05) is 30.3 Å². The van der Waals surface area contributed by atoms with E-state index in [4.69, 9.17) is 5.73 Å². The fourth-order valence-electron chi connectivity index (χ4n) is 2.40. The zero-order valence-electron chi connectivity index (χ0n) is 11.2. The van der Waals surface area contributed by atoms with Crippen molar-refractivity contribution in [1.29, 1.82) is 0 Å². The van der Waals surface area contributed by atoms with Crippen molar-refractivity contribution < 1.29 is 0 Å². The topological polar surface area (TPSA) is 65.8 Å². The highest BCUT2D eigenvalue weighted by atomic mass is 16.2. The summed E-state index contributed by atoms with van der Waals surface area (Å²) in [5.74, 6) is 0. The van der Waals surface area contributed by atoms with E-state index in [0.717, 1.165) is 16.3 Å². The van der Waals surface area contributed by atoms with Crippen LogP contribution < -0.4 is 11.4 Å². The predicted molar refractivity (Wildman–Crippen MR) is 78.3 cm³/mol. The predicted octanol–water partition coefficient (Wildman–Crippen LogP) is 1.43. The SMILES string of the molecule is Cn1cnn(CC(N)c2cccc3ccccc23)c1=O. The number of aromatic nitrogens is 3. The van der Waals surface area contributed by atoms with E-state index >= 15 is 0 Å². The lowest BCUT2D eigenvalue weighted by molar-refractivity contribution is 0.511. The Morgan fingerprint density at radius 1 is 1.20 bits per heavy atom. The van der Waals surface area contributed by atoms with E-state index in [1.54, 1.807) is 7.05 Å². The van der Waals surface area contributed by atoms with Crippen molar-refractivity contribution in [3.05, 3.63) is 64.8 Å². The standard InChI is InChI=1S/C15H16N4O/c1-18-10-17-19(15(18)20)9-14(16)13-8-4-6-11-5-2-3-7-12(11)13/h2-8,10,14H,9,16H2,1H3. The van der Waals surface area contributed by atoms with Crippen LogP contribution in [0.3, 0.4) is 0 Å². The molecule has 2 N–H and O–H groups in total. The van der Waals surface area contributed by atoms with E-state index in [-0.39, 0.29) is 11.7 Å². The summed E-state index contributed by atoms with van der Waals surface area (Å²) in [4.78, 5) is 11.8. The molecule has 5 nitrogen and oxygen atoms in total. The Morgan fingerprint density at radius 2 is 1.95 bits per heavy atom. The molecule has 2 aromatic carbocycles. The zero-order chi connectivity index (χ0) is 14.1. The van der Waals surface area contributed by atoms with Crippen LogP contribution in [0.2, 0.25) is 0 Å². The number of nitrogens with zero attached hydrogens (tertiary/aromatic N) is 3. The average Bonchev–Trinajstić information content (AvgIpc) is 2.78. The third-order valence-corrected chi connectivity index (χ3v) is 3.48. The number of hydrogen-bond acceptors (Lipinski definition) is 3. The third kappa shape index (κ3) is 2.12. The van der Waals surface area contributed by atoms with Crippen LogP contribution in [0.1, 0.15) is 11.6 Å². The second-order valence-corrected chi connectivity index (χ2v) is 4.88. The zero-order valence-corrected chi connectivity index (χ0v) is 11.2. The molecule has 0 radical (unpaired) electrons. The largest absolute Gasteiger partial charge is 0.345 e. The second kappa shape index (κ2) is 4.94. The molecular formula is C15H16N4O. The first kappa shape index (κ1) is 12.6. The molecule has 1 aromatic heterocycles. The molecule has 1 heterocycles. The Hall–Kier alpha value is -2.40. The molecule has 3 rings (SSSR count). The van der Waals surface area contributed by atoms with Gasteiger partial charge in [0.1, 0.15) is 6.33 Å². The molecule has 0 fully saturated rings. The van der Waals surface area contributed by atoms with Crippen molar-refractivity contribution in [3.63, 3.8) is 0 Å². The summed E-state index contributed by atoms with van der Waals surface area (Å²) in [5.41, 5.74) is 7.14. The Morgan fingerprint density at radius 3 is 2.70 bits per heavy atom. The van der Waals surface area contributed by atoms with Crippen LogP contribution in [-0.4, -0.2) is 14.3 Å². The highest BCUT2D eigenvalue weighted by Gasteiger charge is 2.12. The minimum absolute atomic E-state index is 0.152. The van der Waals surface area contributed by atoms with Gasteiger partial charge in [0, 0.05) is 7.05 Å². The molecule has 0 bridgehead atoms. The summed E-state index contributed by atoms with van der Waals surface area (Å²) in [5, 5.41) is 6.31. The normalized spacial score (nSPS) is 12.7. The van der Waals surface area contributed by atoms with Crippen LogP contribution >= 0.6 is 0 Å². The number of nitrogens with two attached hydrogens (primary N) is 1. The summed E-state index contributed by atoms with van der Waals surface area (Å²) in [6.07, 6.45) is 1.50. The minimum Gasteiger partial charge on any atom is -0.322 e. The molecule has 1 atom stereocenters. The van der Waals surface area contributed by atoms with Gasteiger partial charge >= 0.3 is 5.69 Å². The molecule has 0 aliphatic rings. The molecular weight excluding hydrogens is 252 g/mol. The smallest absolute Gasteiger partial charge is 0.322 e. The molecule has 1 unspecified atom stereocenters. The van der Waals surface area contributed by atoms with Gasteiger partial charge in [0.2, 0.25) is 0 Å². The van der Waals surface area contributed by atoms with Gasteiger partial charge in [-0.2, -0.15) is 5.10 Å². The number of aryl methyl sites for hydroxylation is 1. The van der Waals surface area contributed by atoms with Crippen molar-refractivity contribution >= 4 is 10.8 Å². The number of hydrogen-bond donors (Lipinski definition) is 1. The number of rotatable bonds is 3. The summed E-state index contributed by atoms with van der Waals surface area (Å²) in [7, 11) is 1.68. The molecule has 102 valence electrons. The molecule has 0 saturated carbocycles. The van der Waals surface area contributed by atoms with E-state index in [1.165, 1.54) is 15.6 Å². The van der Waals surface area contributed by atoms with Gasteiger partial charge in [-0.15, -0.1) is 0 Å². The minimum atomic E-state index is -0.270. The average molecular weight is 268 g/mol. The van der Waals surface area contributed by atoms with Gasteiger partial charge in [-0.3, -0.25) is 4.57 Å². The summed E-state index contributed by atoms with van der Waals surface area (Å²) in [6.45, 7) is 0.369. The molecule has 20 heavy (non-hydrogen) atoms. The first-order valence-corrected chi connectivity index (χ1v) is 6.48. The summed E-state index contributed by atoms with van der Waals surface area (Å²) >= 11 is 0. The van der Waals surface area contributed by atoms with Crippen LogP contribution in [0, 0.1) is 0 Å². The molecule has 0 spiro atoms. The first-order chi connectivity index (χ1) is 9.66. The molecule has 0 amide bonds. The maximum atomic E-state index is 11.8. The molecule has 5 heteroatoms. The van der Waals surface area contributed by atoms with Gasteiger partial charge in [0.15, 0.2) is 0 Å². The van der Waals surface area contributed by atoms with Gasteiger partial charge in [-0.05, 0) is 16.3 Å². The number of benzene rings is 2. The van der Waals surface area contributed by atoms with E-state index in [2.05, 4.69) is 17.2 Å². The monoisotopic (exact) mass is 268 g/mol. The fourth-order valence-corrected chi connectivity index (χ4v) is 2.40. The Bertz CT molecular complexity index is 797. The first-order valence-electron chi connectivity index (χ1n) is 6.48. The van der Waals surface area contributed by atoms with E-state index < -0.39 is 0 Å². The van der Waals surface area contributed by atoms with Gasteiger partial charge in [0.25, 0.3) is 0 Å². The highest BCUT2D eigenvalue weighted by molar-refractivity contribution is 5.86. The number of fused-ring (bicyclic) bond motifs is 1. The van der Waals surface area contributed by atoms with Crippen molar-refractivity contribution in [2.45, 2.75) is 12.6 Å². The van der Waals surface area contributed by atoms with Crippen molar-refractivity contribution in [2.75, 3.05) is 0 Å². The summed E-state index contributed by atoms with van der Waals surface area (Å²) < 4.78 is 2.84. The summed E-state index contributed by atoms with van der Waals surface area (Å²) in [6, 6.07) is 13.9. The quantitative estimate of drug-likeness (QED) is 0.781. The van der Waals surface area contributed by atoms with E-state index in [9.17, 15) is 4.79 Å². The lowest BCUT2D eigenvalue weighted by Crippen LogP contribution is -2.28. The lowest BCUT2D eigenvalue weighted by Gasteiger charge is -2.14. The van der Waals surface area contributed by atoms with Crippen LogP contribution in [0.15, 0.2) is 53.6 Å². The van der Waals surface area contributed by atoms with Crippen LogP contribution in [0.25, 0.3) is 10.8 Å². The van der Waals surface area contributed by atoms with Gasteiger partial charge in [0.05, 0.1) is 12.6 Å². The molecule has 0 aliphatic heterocycles. The van der Waals surface area contributed by atoms with Crippen LogP contribution in [0.5, 0.6) is 0 Å². The molecule has 0 aliphatic carbocycles. The maximum Gasteiger partial charge on any atom is 0.345 e. The highest BCUT2D eigenvalue weighted by Crippen LogP contribution is 2.23. The molecule has 0 saturated heterocycles. The van der Waals surface area contributed by atoms with Gasteiger partial charge in [-0.25, -0.2) is 9.48 Å². The van der Waals surface area contributed by atoms with E-state index in [0.29, 0.717) is 6.54 Å². The van der Waals surface area contributed by atoms with Crippen LogP contribution in [-0.2, 0) is 13.6 Å². The maximum absolute atomic E-state index is 11.8.